The van der Waals surface area contributed by atoms with Gasteiger partial charge >= 0.3 is 0 Å². The minimum atomic E-state index is -0.530. The van der Waals surface area contributed by atoms with E-state index in [-0.39, 0.29) is 11.9 Å². The summed E-state index contributed by atoms with van der Waals surface area (Å²) >= 11 is 0. The van der Waals surface area contributed by atoms with Crippen LogP contribution in [0, 0.1) is 5.82 Å². The molecule has 120 valence electrons. The van der Waals surface area contributed by atoms with Crippen molar-refractivity contribution in [1.82, 2.24) is 5.32 Å². The van der Waals surface area contributed by atoms with Crippen molar-refractivity contribution in [3.63, 3.8) is 0 Å². The van der Waals surface area contributed by atoms with Gasteiger partial charge in [0.2, 0.25) is 0 Å². The van der Waals surface area contributed by atoms with Gasteiger partial charge in [0.05, 0.1) is 32.0 Å². The molecule has 1 unspecified atom stereocenters. The summed E-state index contributed by atoms with van der Waals surface area (Å²) in [6.45, 7) is 6.49. The zero-order valence-electron chi connectivity index (χ0n) is 12.8. The molecule has 0 aromatic heterocycles. The molecule has 5 heteroatoms. The van der Waals surface area contributed by atoms with E-state index in [1.165, 1.54) is 12.1 Å². The summed E-state index contributed by atoms with van der Waals surface area (Å²) in [6.07, 6.45) is 0.472. The van der Waals surface area contributed by atoms with E-state index in [2.05, 4.69) is 5.32 Å². The molecule has 0 saturated heterocycles. The van der Waals surface area contributed by atoms with Crippen molar-refractivity contribution in [3.05, 3.63) is 35.6 Å². The lowest BCUT2D eigenvalue weighted by atomic mass is 10.1. The van der Waals surface area contributed by atoms with Gasteiger partial charge in [-0.15, -0.1) is 0 Å². The number of nitrogens with one attached hydrogen (secondary N) is 1. The van der Waals surface area contributed by atoms with E-state index in [1.54, 1.807) is 12.1 Å². The molecule has 1 aromatic carbocycles. The van der Waals surface area contributed by atoms with Crippen LogP contribution in [0.3, 0.4) is 0 Å². The molecule has 0 aliphatic carbocycles. The fraction of sp³-hybridized carbons (Fsp3) is 0.625. The maximum atomic E-state index is 12.7. The van der Waals surface area contributed by atoms with Crippen LogP contribution in [-0.2, 0) is 15.9 Å². The predicted molar refractivity (Wildman–Crippen MR) is 80.9 cm³/mol. The Balaban J connectivity index is 1.98. The number of aliphatic hydroxyl groups is 1. The third-order valence-corrected chi connectivity index (χ3v) is 2.87. The van der Waals surface area contributed by atoms with Crippen molar-refractivity contribution >= 4 is 0 Å². The van der Waals surface area contributed by atoms with Gasteiger partial charge in [-0.2, -0.15) is 0 Å². The molecule has 1 aromatic rings. The minimum absolute atomic E-state index is 0.201. The van der Waals surface area contributed by atoms with Gasteiger partial charge in [0.15, 0.2) is 0 Å². The van der Waals surface area contributed by atoms with Gasteiger partial charge < -0.3 is 19.9 Å². The second-order valence-corrected chi connectivity index (χ2v) is 5.23. The van der Waals surface area contributed by atoms with Crippen molar-refractivity contribution in [3.8, 4) is 0 Å². The Morgan fingerprint density at radius 2 is 1.90 bits per heavy atom. The van der Waals surface area contributed by atoms with E-state index in [0.717, 1.165) is 18.5 Å². The summed E-state index contributed by atoms with van der Waals surface area (Å²) in [5, 5.41) is 12.9. The van der Waals surface area contributed by atoms with Crippen LogP contribution in [0.4, 0.5) is 4.39 Å². The number of ether oxygens (including phenoxy) is 2. The first kappa shape index (κ1) is 18.0. The first-order valence-electron chi connectivity index (χ1n) is 7.40. The van der Waals surface area contributed by atoms with Gasteiger partial charge in [-0.25, -0.2) is 4.39 Å². The highest BCUT2D eigenvalue weighted by atomic mass is 19.1. The van der Waals surface area contributed by atoms with Crippen molar-refractivity contribution in [2.45, 2.75) is 32.5 Å². The molecule has 2 N–H and O–H groups in total. The number of halogens is 1. The lowest BCUT2D eigenvalue weighted by Crippen LogP contribution is -2.32. The van der Waals surface area contributed by atoms with E-state index < -0.39 is 6.10 Å². The predicted octanol–water partition coefficient (Wildman–Crippen LogP) is 1.76. The summed E-state index contributed by atoms with van der Waals surface area (Å²) in [5.74, 6) is -0.222. The van der Waals surface area contributed by atoms with E-state index in [1.807, 2.05) is 13.8 Å². The molecule has 21 heavy (non-hydrogen) atoms. The Bertz CT molecular complexity index is 370. The minimum Gasteiger partial charge on any atom is -0.389 e. The van der Waals surface area contributed by atoms with Crippen LogP contribution in [0.1, 0.15) is 19.4 Å². The second-order valence-electron chi connectivity index (χ2n) is 5.23. The lowest BCUT2D eigenvalue weighted by molar-refractivity contribution is -0.00989. The SMILES string of the molecule is CC(C)OCCOCC(O)CNCCc1ccc(F)cc1. The molecular weight excluding hydrogens is 273 g/mol. The van der Waals surface area contributed by atoms with Crippen LogP contribution in [0.25, 0.3) is 0 Å². The van der Waals surface area contributed by atoms with Gasteiger partial charge in [-0.1, -0.05) is 12.1 Å². The Kier molecular flexibility index (Phi) is 9.17. The Hall–Kier alpha value is -1.01. The van der Waals surface area contributed by atoms with Crippen molar-refractivity contribution in [2.75, 3.05) is 32.9 Å². The number of hydrogen-bond donors (Lipinski definition) is 2. The highest BCUT2D eigenvalue weighted by Gasteiger charge is 2.04. The Labute approximate surface area is 126 Å². The topological polar surface area (TPSA) is 50.7 Å². The molecule has 0 aliphatic rings. The summed E-state index contributed by atoms with van der Waals surface area (Å²) in [6, 6.07) is 6.45. The van der Waals surface area contributed by atoms with Gasteiger partial charge in [-0.3, -0.25) is 0 Å². The molecule has 0 amide bonds. The van der Waals surface area contributed by atoms with Crippen LogP contribution >= 0.6 is 0 Å². The van der Waals surface area contributed by atoms with E-state index >= 15 is 0 Å². The lowest BCUT2D eigenvalue weighted by Gasteiger charge is -2.13. The average molecular weight is 299 g/mol. The highest BCUT2D eigenvalue weighted by molar-refractivity contribution is 5.16. The van der Waals surface area contributed by atoms with Crippen LogP contribution in [-0.4, -0.2) is 50.2 Å². The van der Waals surface area contributed by atoms with Crippen LogP contribution < -0.4 is 5.32 Å². The molecular formula is C16H26FNO3. The molecule has 1 atom stereocenters. The van der Waals surface area contributed by atoms with Crippen molar-refractivity contribution in [1.29, 1.82) is 0 Å². The smallest absolute Gasteiger partial charge is 0.123 e. The Morgan fingerprint density at radius 1 is 1.19 bits per heavy atom. The third-order valence-electron chi connectivity index (χ3n) is 2.87. The second kappa shape index (κ2) is 10.7. The summed E-state index contributed by atoms with van der Waals surface area (Å²) < 4.78 is 23.4. The van der Waals surface area contributed by atoms with Crippen molar-refractivity contribution in [2.24, 2.45) is 0 Å². The first-order chi connectivity index (χ1) is 10.1. The molecule has 0 saturated carbocycles. The summed E-state index contributed by atoms with van der Waals surface area (Å²) in [5.41, 5.74) is 1.07. The first-order valence-corrected chi connectivity index (χ1v) is 7.40. The molecule has 4 nitrogen and oxygen atoms in total. The fourth-order valence-electron chi connectivity index (χ4n) is 1.77. The maximum absolute atomic E-state index is 12.7. The zero-order chi connectivity index (χ0) is 15.5. The number of benzene rings is 1. The largest absolute Gasteiger partial charge is 0.389 e. The van der Waals surface area contributed by atoms with Gasteiger partial charge in [0, 0.05) is 6.54 Å². The van der Waals surface area contributed by atoms with Crippen LogP contribution in [0.2, 0.25) is 0 Å². The van der Waals surface area contributed by atoms with E-state index in [0.29, 0.717) is 26.4 Å². The quantitative estimate of drug-likeness (QED) is 0.611. The molecule has 0 spiro atoms. The normalized spacial score (nSPS) is 12.8. The maximum Gasteiger partial charge on any atom is 0.123 e. The summed E-state index contributed by atoms with van der Waals surface area (Å²) in [4.78, 5) is 0. The number of hydrogen-bond acceptors (Lipinski definition) is 4. The monoisotopic (exact) mass is 299 g/mol. The molecule has 0 bridgehead atoms. The molecule has 0 aliphatic heterocycles. The van der Waals surface area contributed by atoms with Crippen LogP contribution in [0.15, 0.2) is 24.3 Å². The molecule has 0 radical (unpaired) electrons. The van der Waals surface area contributed by atoms with Crippen molar-refractivity contribution < 1.29 is 19.0 Å². The third kappa shape index (κ3) is 9.52. The summed E-state index contributed by atoms with van der Waals surface area (Å²) in [7, 11) is 0. The van der Waals surface area contributed by atoms with E-state index in [9.17, 15) is 9.50 Å². The van der Waals surface area contributed by atoms with Crippen LogP contribution in [0.5, 0.6) is 0 Å². The van der Waals surface area contributed by atoms with Gasteiger partial charge in [0.1, 0.15) is 5.82 Å². The van der Waals surface area contributed by atoms with E-state index in [4.69, 9.17) is 9.47 Å². The standard InChI is InChI=1S/C16H26FNO3/c1-13(2)21-10-9-20-12-16(19)11-18-8-7-14-3-5-15(17)6-4-14/h3-6,13,16,18-19H,7-12H2,1-2H3. The fourth-order valence-corrected chi connectivity index (χ4v) is 1.77. The van der Waals surface area contributed by atoms with Gasteiger partial charge in [0.25, 0.3) is 0 Å². The number of aliphatic hydroxyl groups excluding tert-OH is 1. The molecule has 0 heterocycles. The number of rotatable bonds is 11. The molecule has 1 rings (SSSR count). The van der Waals surface area contributed by atoms with Gasteiger partial charge in [-0.05, 0) is 44.5 Å². The highest BCUT2D eigenvalue weighted by Crippen LogP contribution is 2.02. The Morgan fingerprint density at radius 3 is 2.57 bits per heavy atom. The molecule has 0 fully saturated rings. The zero-order valence-corrected chi connectivity index (χ0v) is 12.8. The average Bonchev–Trinajstić information content (AvgIpc) is 2.45.